The van der Waals surface area contributed by atoms with Crippen molar-refractivity contribution in [2.45, 2.75) is 0 Å². The van der Waals surface area contributed by atoms with Crippen molar-refractivity contribution in [1.29, 1.82) is 0 Å². The third-order valence-corrected chi connectivity index (χ3v) is 1.60. The summed E-state index contributed by atoms with van der Waals surface area (Å²) in [6.45, 7) is 1.96. The molecular formula is C7H8N2. The van der Waals surface area contributed by atoms with E-state index in [2.05, 4.69) is 16.4 Å². The summed E-state index contributed by atoms with van der Waals surface area (Å²) in [7, 11) is 0. The highest BCUT2D eigenvalue weighted by atomic mass is 14.9. The number of aliphatic imine (C=N–C) groups is 1. The molecule has 46 valence electrons. The molecule has 0 aliphatic carbocycles. The van der Waals surface area contributed by atoms with E-state index in [1.54, 1.807) is 0 Å². The van der Waals surface area contributed by atoms with Crippen molar-refractivity contribution in [3.8, 4) is 0 Å². The second-order valence-electron chi connectivity index (χ2n) is 2.22. The van der Waals surface area contributed by atoms with Gasteiger partial charge in [0.25, 0.3) is 0 Å². The number of fused-ring (bicyclic) bond motifs is 1. The summed E-state index contributed by atoms with van der Waals surface area (Å²) in [6.07, 6.45) is 5.99. The molecule has 0 unspecified atom stereocenters. The van der Waals surface area contributed by atoms with Gasteiger partial charge in [0.1, 0.15) is 0 Å². The van der Waals surface area contributed by atoms with E-state index in [1.165, 1.54) is 11.1 Å². The van der Waals surface area contributed by atoms with Gasteiger partial charge in [-0.1, -0.05) is 6.08 Å². The van der Waals surface area contributed by atoms with Gasteiger partial charge in [-0.15, -0.1) is 0 Å². The van der Waals surface area contributed by atoms with Crippen molar-refractivity contribution in [1.82, 2.24) is 5.32 Å². The standard InChI is InChI=1S/C7H8N2/c1-2-8-4-7-5-9-3-6(1)7/h1,3,5,8H,2,4H2. The van der Waals surface area contributed by atoms with Crippen LogP contribution in [0.15, 0.2) is 28.4 Å². The van der Waals surface area contributed by atoms with Gasteiger partial charge in [-0.25, -0.2) is 0 Å². The highest BCUT2D eigenvalue weighted by Crippen LogP contribution is 2.14. The lowest BCUT2D eigenvalue weighted by atomic mass is 10.1. The maximum Gasteiger partial charge on any atom is 0.0341 e. The first-order valence-corrected chi connectivity index (χ1v) is 3.10. The minimum atomic E-state index is 0.978. The Labute approximate surface area is 54.0 Å². The molecule has 2 heteroatoms. The Morgan fingerprint density at radius 2 is 2.56 bits per heavy atom. The van der Waals surface area contributed by atoms with Gasteiger partial charge in [0.05, 0.1) is 0 Å². The molecule has 2 rings (SSSR count). The van der Waals surface area contributed by atoms with E-state index in [4.69, 9.17) is 0 Å². The van der Waals surface area contributed by atoms with Crippen LogP contribution in [-0.2, 0) is 0 Å². The molecule has 0 aromatic carbocycles. The van der Waals surface area contributed by atoms with Crippen LogP contribution in [0.2, 0.25) is 0 Å². The fourth-order valence-electron chi connectivity index (χ4n) is 1.09. The normalized spacial score (nSPS) is 23.1. The van der Waals surface area contributed by atoms with E-state index in [0.717, 1.165) is 13.1 Å². The largest absolute Gasteiger partial charge is 0.309 e. The maximum atomic E-state index is 4.03. The van der Waals surface area contributed by atoms with Crippen LogP contribution in [0.4, 0.5) is 0 Å². The highest BCUT2D eigenvalue weighted by molar-refractivity contribution is 5.88. The Hall–Kier alpha value is -0.890. The summed E-state index contributed by atoms with van der Waals surface area (Å²) in [5, 5.41) is 3.23. The Morgan fingerprint density at radius 1 is 1.56 bits per heavy atom. The summed E-state index contributed by atoms with van der Waals surface area (Å²) in [6, 6.07) is 0. The SMILES string of the molecule is C1=NC=C2CNCC=C12. The average molecular weight is 120 g/mol. The average Bonchev–Trinajstić information content (AvgIpc) is 2.33. The molecule has 2 aliphatic heterocycles. The zero-order valence-electron chi connectivity index (χ0n) is 5.09. The predicted octanol–water partition coefficient (Wildman–Crippen LogP) is 0.484. The lowest BCUT2D eigenvalue weighted by molar-refractivity contribution is 0.799. The molecule has 9 heavy (non-hydrogen) atoms. The summed E-state index contributed by atoms with van der Waals surface area (Å²) in [5.41, 5.74) is 2.62. The van der Waals surface area contributed by atoms with E-state index in [9.17, 15) is 0 Å². The van der Waals surface area contributed by atoms with Gasteiger partial charge < -0.3 is 5.32 Å². The zero-order valence-corrected chi connectivity index (χ0v) is 5.09. The minimum Gasteiger partial charge on any atom is -0.309 e. The van der Waals surface area contributed by atoms with Crippen LogP contribution < -0.4 is 5.32 Å². The van der Waals surface area contributed by atoms with Crippen molar-refractivity contribution in [3.63, 3.8) is 0 Å². The Balaban J connectivity index is 2.38. The van der Waals surface area contributed by atoms with Crippen LogP contribution in [-0.4, -0.2) is 19.3 Å². The van der Waals surface area contributed by atoms with Crippen LogP contribution in [0, 0.1) is 0 Å². The number of nitrogens with zero attached hydrogens (tertiary/aromatic N) is 1. The molecule has 0 aromatic rings. The molecule has 0 atom stereocenters. The Bertz CT molecular complexity index is 211. The van der Waals surface area contributed by atoms with Crippen molar-refractivity contribution in [3.05, 3.63) is 23.4 Å². The molecular weight excluding hydrogens is 112 g/mol. The second kappa shape index (κ2) is 1.81. The molecule has 0 bridgehead atoms. The summed E-state index contributed by atoms with van der Waals surface area (Å²) < 4.78 is 0. The third-order valence-electron chi connectivity index (χ3n) is 1.60. The second-order valence-corrected chi connectivity index (χ2v) is 2.22. The highest BCUT2D eigenvalue weighted by Gasteiger charge is 2.09. The number of hydrogen-bond acceptors (Lipinski definition) is 2. The summed E-state index contributed by atoms with van der Waals surface area (Å²) in [4.78, 5) is 4.03. The fraction of sp³-hybridized carbons (Fsp3) is 0.286. The van der Waals surface area contributed by atoms with Gasteiger partial charge in [0.15, 0.2) is 0 Å². The van der Waals surface area contributed by atoms with Crippen LogP contribution in [0.1, 0.15) is 0 Å². The van der Waals surface area contributed by atoms with Gasteiger partial charge >= 0.3 is 0 Å². The molecule has 0 radical (unpaired) electrons. The van der Waals surface area contributed by atoms with E-state index < -0.39 is 0 Å². The lowest BCUT2D eigenvalue weighted by Crippen LogP contribution is -2.22. The fourth-order valence-corrected chi connectivity index (χ4v) is 1.09. The Morgan fingerprint density at radius 3 is 3.44 bits per heavy atom. The summed E-state index contributed by atoms with van der Waals surface area (Å²) in [5.74, 6) is 0. The number of hydrogen-bond donors (Lipinski definition) is 1. The van der Waals surface area contributed by atoms with Crippen LogP contribution in [0.5, 0.6) is 0 Å². The molecule has 0 fully saturated rings. The molecule has 0 amide bonds. The van der Waals surface area contributed by atoms with Crippen LogP contribution in [0.3, 0.4) is 0 Å². The molecule has 0 saturated carbocycles. The first kappa shape index (κ1) is 4.94. The van der Waals surface area contributed by atoms with Crippen molar-refractivity contribution >= 4 is 6.21 Å². The van der Waals surface area contributed by atoms with Crippen molar-refractivity contribution in [2.24, 2.45) is 4.99 Å². The molecule has 2 nitrogen and oxygen atoms in total. The zero-order chi connectivity index (χ0) is 6.10. The van der Waals surface area contributed by atoms with Gasteiger partial charge in [-0.3, -0.25) is 4.99 Å². The van der Waals surface area contributed by atoms with Crippen LogP contribution >= 0.6 is 0 Å². The van der Waals surface area contributed by atoms with E-state index in [1.807, 2.05) is 12.4 Å². The van der Waals surface area contributed by atoms with E-state index >= 15 is 0 Å². The third kappa shape index (κ3) is 0.715. The van der Waals surface area contributed by atoms with E-state index in [0.29, 0.717) is 0 Å². The van der Waals surface area contributed by atoms with Gasteiger partial charge in [-0.05, 0) is 11.1 Å². The molecule has 0 saturated heterocycles. The predicted molar refractivity (Wildman–Crippen MR) is 37.5 cm³/mol. The van der Waals surface area contributed by atoms with Crippen molar-refractivity contribution in [2.75, 3.05) is 13.1 Å². The topological polar surface area (TPSA) is 24.4 Å². The maximum absolute atomic E-state index is 4.03. The molecule has 0 aromatic heterocycles. The molecule has 2 heterocycles. The summed E-state index contributed by atoms with van der Waals surface area (Å²) >= 11 is 0. The van der Waals surface area contributed by atoms with Gasteiger partial charge in [0.2, 0.25) is 0 Å². The smallest absolute Gasteiger partial charge is 0.0341 e. The van der Waals surface area contributed by atoms with Gasteiger partial charge in [0, 0.05) is 25.5 Å². The Kier molecular flexibility index (Phi) is 0.993. The molecule has 0 spiro atoms. The van der Waals surface area contributed by atoms with Crippen LogP contribution in [0.25, 0.3) is 0 Å². The number of nitrogens with one attached hydrogen (secondary N) is 1. The monoisotopic (exact) mass is 120 g/mol. The number of rotatable bonds is 0. The first-order valence-electron chi connectivity index (χ1n) is 3.10. The lowest BCUT2D eigenvalue weighted by Gasteiger charge is -2.09. The van der Waals surface area contributed by atoms with Gasteiger partial charge in [-0.2, -0.15) is 0 Å². The van der Waals surface area contributed by atoms with Crippen molar-refractivity contribution < 1.29 is 0 Å². The molecule has 1 N–H and O–H groups in total. The first-order chi connectivity index (χ1) is 4.47. The minimum absolute atomic E-state index is 0.978. The van der Waals surface area contributed by atoms with E-state index in [-0.39, 0.29) is 0 Å². The molecule has 2 aliphatic rings. The quantitative estimate of drug-likeness (QED) is 0.494.